The average molecular weight is 354 g/mol. The van der Waals surface area contributed by atoms with Gasteiger partial charge >= 0.3 is 0 Å². The fourth-order valence-corrected chi connectivity index (χ4v) is 2.41. The van der Waals surface area contributed by atoms with Gasteiger partial charge < -0.3 is 5.32 Å². The summed E-state index contributed by atoms with van der Waals surface area (Å²) in [4.78, 5) is 22.4. The van der Waals surface area contributed by atoms with Crippen LogP contribution in [0.25, 0.3) is 5.69 Å². The lowest BCUT2D eigenvalue weighted by Crippen LogP contribution is -2.22. The molecule has 1 N–H and O–H groups in total. The van der Waals surface area contributed by atoms with E-state index in [-0.39, 0.29) is 24.0 Å². The summed E-state index contributed by atoms with van der Waals surface area (Å²) in [6, 6.07) is 10.5. The zero-order valence-electron chi connectivity index (χ0n) is 13.8. The van der Waals surface area contributed by atoms with Crippen LogP contribution in [0.1, 0.15) is 21.5 Å². The predicted octanol–water partition coefficient (Wildman–Crippen LogP) is 3.16. The SMILES string of the molecule is Cc1cc(CNC(=O)c2cnn(-c3ccc([N+](=O)[O-])cc3)c2)ccc1F. The van der Waals surface area contributed by atoms with Crippen molar-refractivity contribution in [1.29, 1.82) is 0 Å². The van der Waals surface area contributed by atoms with Gasteiger partial charge in [0.1, 0.15) is 5.82 Å². The molecule has 0 bridgehead atoms. The van der Waals surface area contributed by atoms with Crippen LogP contribution < -0.4 is 5.32 Å². The minimum Gasteiger partial charge on any atom is -0.348 e. The number of rotatable bonds is 5. The summed E-state index contributed by atoms with van der Waals surface area (Å²) in [6.45, 7) is 1.93. The van der Waals surface area contributed by atoms with E-state index in [4.69, 9.17) is 0 Å². The van der Waals surface area contributed by atoms with E-state index in [9.17, 15) is 19.3 Å². The lowest BCUT2D eigenvalue weighted by molar-refractivity contribution is -0.384. The van der Waals surface area contributed by atoms with Gasteiger partial charge in [0.2, 0.25) is 0 Å². The number of hydrogen-bond donors (Lipinski definition) is 1. The van der Waals surface area contributed by atoms with Gasteiger partial charge in [-0.25, -0.2) is 9.07 Å². The van der Waals surface area contributed by atoms with Gasteiger partial charge in [0.25, 0.3) is 11.6 Å². The molecule has 0 spiro atoms. The van der Waals surface area contributed by atoms with Crippen LogP contribution in [-0.4, -0.2) is 20.6 Å². The number of non-ortho nitro benzene ring substituents is 1. The average Bonchev–Trinajstić information content (AvgIpc) is 3.13. The highest BCUT2D eigenvalue weighted by Gasteiger charge is 2.11. The molecule has 132 valence electrons. The van der Waals surface area contributed by atoms with Gasteiger partial charge in [-0.15, -0.1) is 0 Å². The Bertz CT molecular complexity index is 967. The number of amides is 1. The van der Waals surface area contributed by atoms with Gasteiger partial charge in [-0.2, -0.15) is 5.10 Å². The second-order valence-corrected chi connectivity index (χ2v) is 5.71. The van der Waals surface area contributed by atoms with Crippen LogP contribution in [0.5, 0.6) is 0 Å². The Morgan fingerprint density at radius 2 is 2.00 bits per heavy atom. The molecule has 0 unspecified atom stereocenters. The van der Waals surface area contributed by atoms with Crippen molar-refractivity contribution in [1.82, 2.24) is 15.1 Å². The van der Waals surface area contributed by atoms with Crippen molar-refractivity contribution < 1.29 is 14.1 Å². The number of nitrogens with zero attached hydrogens (tertiary/aromatic N) is 3. The summed E-state index contributed by atoms with van der Waals surface area (Å²) in [7, 11) is 0. The van der Waals surface area contributed by atoms with Crippen molar-refractivity contribution in [2.24, 2.45) is 0 Å². The lowest BCUT2D eigenvalue weighted by atomic mass is 10.1. The maximum atomic E-state index is 13.3. The quantitative estimate of drug-likeness (QED) is 0.563. The van der Waals surface area contributed by atoms with Crippen molar-refractivity contribution in [3.05, 3.63) is 87.5 Å². The fraction of sp³-hybridized carbons (Fsp3) is 0.111. The topological polar surface area (TPSA) is 90.1 Å². The van der Waals surface area contributed by atoms with Crippen LogP contribution >= 0.6 is 0 Å². The first-order chi connectivity index (χ1) is 12.4. The van der Waals surface area contributed by atoms with E-state index in [1.165, 1.54) is 35.3 Å². The van der Waals surface area contributed by atoms with E-state index in [2.05, 4.69) is 10.4 Å². The fourth-order valence-electron chi connectivity index (χ4n) is 2.41. The first-order valence-electron chi connectivity index (χ1n) is 7.77. The molecule has 3 aromatic rings. The molecule has 3 rings (SSSR count). The molecular formula is C18H15FN4O3. The summed E-state index contributed by atoms with van der Waals surface area (Å²) >= 11 is 0. The summed E-state index contributed by atoms with van der Waals surface area (Å²) in [5, 5.41) is 17.5. The molecule has 26 heavy (non-hydrogen) atoms. The van der Waals surface area contributed by atoms with Crippen molar-refractivity contribution >= 4 is 11.6 Å². The molecule has 0 atom stereocenters. The molecule has 0 saturated carbocycles. The first-order valence-corrected chi connectivity index (χ1v) is 7.77. The van der Waals surface area contributed by atoms with Crippen molar-refractivity contribution in [3.8, 4) is 5.69 Å². The third-order valence-corrected chi connectivity index (χ3v) is 3.85. The van der Waals surface area contributed by atoms with Crippen molar-refractivity contribution in [3.63, 3.8) is 0 Å². The van der Waals surface area contributed by atoms with E-state index in [1.54, 1.807) is 31.2 Å². The van der Waals surface area contributed by atoms with Crippen molar-refractivity contribution in [2.45, 2.75) is 13.5 Å². The number of halogens is 1. The Kier molecular flexibility index (Phi) is 4.74. The van der Waals surface area contributed by atoms with Gasteiger partial charge in [0.15, 0.2) is 0 Å². The monoisotopic (exact) mass is 354 g/mol. The molecule has 7 nitrogen and oxygen atoms in total. The first kappa shape index (κ1) is 17.3. The van der Waals surface area contributed by atoms with Gasteiger partial charge in [0.05, 0.1) is 22.4 Å². The third kappa shape index (κ3) is 3.75. The molecule has 0 radical (unpaired) electrons. The zero-order chi connectivity index (χ0) is 18.7. The minimum atomic E-state index is -0.483. The predicted molar refractivity (Wildman–Crippen MR) is 92.5 cm³/mol. The van der Waals surface area contributed by atoms with Crippen LogP contribution in [0.4, 0.5) is 10.1 Å². The summed E-state index contributed by atoms with van der Waals surface area (Å²) < 4.78 is 14.7. The Morgan fingerprint density at radius 3 is 2.65 bits per heavy atom. The van der Waals surface area contributed by atoms with Crippen LogP contribution in [0.15, 0.2) is 54.9 Å². The Labute approximate surface area is 148 Å². The molecule has 0 saturated heterocycles. The van der Waals surface area contributed by atoms with Gasteiger partial charge in [0, 0.05) is 24.9 Å². The second kappa shape index (κ2) is 7.14. The highest BCUT2D eigenvalue weighted by Crippen LogP contribution is 2.15. The van der Waals surface area contributed by atoms with E-state index < -0.39 is 4.92 Å². The maximum absolute atomic E-state index is 13.3. The van der Waals surface area contributed by atoms with Gasteiger partial charge in [-0.05, 0) is 36.2 Å². The van der Waals surface area contributed by atoms with Crippen LogP contribution in [0.2, 0.25) is 0 Å². The van der Waals surface area contributed by atoms with E-state index in [0.29, 0.717) is 16.8 Å². The van der Waals surface area contributed by atoms with Crippen LogP contribution in [-0.2, 0) is 6.54 Å². The van der Waals surface area contributed by atoms with E-state index in [0.717, 1.165) is 5.56 Å². The third-order valence-electron chi connectivity index (χ3n) is 3.85. The Morgan fingerprint density at radius 1 is 1.27 bits per heavy atom. The molecular weight excluding hydrogens is 339 g/mol. The number of carbonyl (C=O) groups excluding carboxylic acids is 1. The number of aromatic nitrogens is 2. The number of hydrogen-bond acceptors (Lipinski definition) is 4. The van der Waals surface area contributed by atoms with E-state index >= 15 is 0 Å². The zero-order valence-corrected chi connectivity index (χ0v) is 13.8. The largest absolute Gasteiger partial charge is 0.348 e. The molecule has 0 aliphatic carbocycles. The maximum Gasteiger partial charge on any atom is 0.269 e. The lowest BCUT2D eigenvalue weighted by Gasteiger charge is -2.05. The molecule has 0 aliphatic heterocycles. The molecule has 1 aromatic heterocycles. The van der Waals surface area contributed by atoms with Crippen molar-refractivity contribution in [2.75, 3.05) is 0 Å². The number of benzene rings is 2. The molecule has 0 fully saturated rings. The standard InChI is InChI=1S/C18H15FN4O3/c1-12-8-13(2-7-17(12)19)9-20-18(24)14-10-21-22(11-14)15-3-5-16(6-4-15)23(25)26/h2-8,10-11H,9H2,1H3,(H,20,24). The Balaban J connectivity index is 1.67. The number of nitro groups is 1. The highest BCUT2D eigenvalue weighted by molar-refractivity contribution is 5.93. The normalized spacial score (nSPS) is 10.5. The molecule has 1 amide bonds. The second-order valence-electron chi connectivity index (χ2n) is 5.71. The van der Waals surface area contributed by atoms with Crippen LogP contribution in [0.3, 0.4) is 0 Å². The van der Waals surface area contributed by atoms with E-state index in [1.807, 2.05) is 0 Å². The molecule has 8 heteroatoms. The molecule has 1 heterocycles. The number of nitrogens with one attached hydrogen (secondary N) is 1. The molecule has 2 aromatic carbocycles. The number of carbonyl (C=O) groups is 1. The summed E-state index contributed by atoms with van der Waals surface area (Å²) in [5.41, 5.74) is 2.24. The smallest absolute Gasteiger partial charge is 0.269 e. The summed E-state index contributed by atoms with van der Waals surface area (Å²) in [6.07, 6.45) is 2.94. The van der Waals surface area contributed by atoms with Crippen LogP contribution in [0, 0.1) is 22.9 Å². The van der Waals surface area contributed by atoms with Gasteiger partial charge in [-0.3, -0.25) is 14.9 Å². The highest BCUT2D eigenvalue weighted by atomic mass is 19.1. The number of nitro benzene ring substituents is 1. The summed E-state index contributed by atoms with van der Waals surface area (Å²) in [5.74, 6) is -0.607. The van der Waals surface area contributed by atoms with Gasteiger partial charge in [-0.1, -0.05) is 12.1 Å². The molecule has 0 aliphatic rings. The minimum absolute atomic E-state index is 0.0199. The Hall–Kier alpha value is -3.55. The number of aryl methyl sites for hydroxylation is 1.